The molecule has 7 atom stereocenters. The number of carboxylic acid groups (broad SMARTS) is 1. The molecule has 1 amide bonds. The predicted octanol–water partition coefficient (Wildman–Crippen LogP) is 2.90. The maximum atomic E-state index is 11.8. The van der Waals surface area contributed by atoms with Crippen molar-refractivity contribution in [3.8, 4) is 0 Å². The number of rotatable bonds is 7. The lowest BCUT2D eigenvalue weighted by Crippen LogP contribution is -2.56. The lowest BCUT2D eigenvalue weighted by molar-refractivity contribution is -0.148. The molecule has 1 heterocycles. The fourth-order valence-electron chi connectivity index (χ4n) is 6.08. The Hall–Kier alpha value is -1.14. The van der Waals surface area contributed by atoms with Crippen LogP contribution in [0, 0.1) is 29.6 Å². The molecule has 7 unspecified atom stereocenters. The number of nitrogens with one attached hydrogen (secondary N) is 1. The summed E-state index contributed by atoms with van der Waals surface area (Å²) in [5.74, 6) is 1.33. The Labute approximate surface area is 162 Å². The molecule has 0 radical (unpaired) electrons. The first kappa shape index (κ1) is 20.6. The summed E-state index contributed by atoms with van der Waals surface area (Å²) in [7, 11) is 0. The van der Waals surface area contributed by atoms with Crippen LogP contribution in [0.25, 0.3) is 0 Å². The normalized spacial score (nSPS) is 39.5. The average Bonchev–Trinajstić information content (AvgIpc) is 2.66. The Balaban J connectivity index is 1.72. The standard InChI is InChI=1S/C21H36N2O4/c1-2-4-13-7-8-18-17(9-13)16(11-19(23-18)27-12-20(24)25)14-5-3-6-15(10-14)21(22)26/h13-19,23H,2-12H2,1H3,(H2,22,26)(H,24,25). The smallest absolute Gasteiger partial charge is 0.329 e. The summed E-state index contributed by atoms with van der Waals surface area (Å²) in [6.45, 7) is 2.01. The van der Waals surface area contributed by atoms with E-state index in [1.165, 1.54) is 25.7 Å². The van der Waals surface area contributed by atoms with Gasteiger partial charge in [0.15, 0.2) is 0 Å². The van der Waals surface area contributed by atoms with Crippen LogP contribution in [0.5, 0.6) is 0 Å². The molecule has 1 aliphatic heterocycles. The number of hydrogen-bond acceptors (Lipinski definition) is 4. The third-order valence-corrected chi connectivity index (χ3v) is 7.27. The van der Waals surface area contributed by atoms with E-state index in [4.69, 9.17) is 15.6 Å². The minimum Gasteiger partial charge on any atom is -0.480 e. The molecule has 27 heavy (non-hydrogen) atoms. The summed E-state index contributed by atoms with van der Waals surface area (Å²) in [6.07, 6.45) is 10.9. The van der Waals surface area contributed by atoms with Gasteiger partial charge in [-0.25, -0.2) is 4.79 Å². The third kappa shape index (κ3) is 5.23. The minimum absolute atomic E-state index is 0.00510. The van der Waals surface area contributed by atoms with Crippen molar-refractivity contribution in [1.29, 1.82) is 0 Å². The Morgan fingerprint density at radius 1 is 1.11 bits per heavy atom. The van der Waals surface area contributed by atoms with E-state index in [9.17, 15) is 9.59 Å². The second-order valence-electron chi connectivity index (χ2n) is 9.02. The molecule has 0 spiro atoms. The van der Waals surface area contributed by atoms with Gasteiger partial charge in [-0.05, 0) is 62.2 Å². The minimum atomic E-state index is -0.923. The van der Waals surface area contributed by atoms with Crippen LogP contribution in [0.3, 0.4) is 0 Å². The van der Waals surface area contributed by atoms with Crippen LogP contribution in [0.1, 0.15) is 71.1 Å². The fraction of sp³-hybridized carbons (Fsp3) is 0.905. The predicted molar refractivity (Wildman–Crippen MR) is 103 cm³/mol. The monoisotopic (exact) mass is 380 g/mol. The van der Waals surface area contributed by atoms with Gasteiger partial charge in [-0.15, -0.1) is 0 Å². The molecule has 6 nitrogen and oxygen atoms in total. The SMILES string of the molecule is CCCC1CCC2NC(OCC(=O)O)CC(C3CCCC(C(N)=O)C3)C2C1. The number of nitrogens with two attached hydrogens (primary N) is 1. The van der Waals surface area contributed by atoms with Crippen LogP contribution in [0.4, 0.5) is 0 Å². The van der Waals surface area contributed by atoms with Crippen LogP contribution in [0.15, 0.2) is 0 Å². The second kappa shape index (κ2) is 9.37. The maximum absolute atomic E-state index is 11.8. The number of amides is 1. The molecule has 0 aromatic carbocycles. The van der Waals surface area contributed by atoms with Gasteiger partial charge in [0.1, 0.15) is 12.8 Å². The van der Waals surface area contributed by atoms with Crippen LogP contribution in [-0.2, 0) is 14.3 Å². The van der Waals surface area contributed by atoms with E-state index >= 15 is 0 Å². The van der Waals surface area contributed by atoms with E-state index in [0.29, 0.717) is 23.8 Å². The van der Waals surface area contributed by atoms with Gasteiger partial charge >= 0.3 is 5.97 Å². The molecular weight excluding hydrogens is 344 g/mol. The number of primary amides is 1. The number of aliphatic carboxylic acids is 1. The van der Waals surface area contributed by atoms with Gasteiger partial charge in [0.25, 0.3) is 0 Å². The van der Waals surface area contributed by atoms with E-state index in [1.807, 2.05) is 0 Å². The Morgan fingerprint density at radius 3 is 2.63 bits per heavy atom. The number of piperidine rings is 1. The van der Waals surface area contributed by atoms with Crippen LogP contribution in [0.2, 0.25) is 0 Å². The molecule has 154 valence electrons. The molecule has 1 saturated heterocycles. The first-order chi connectivity index (χ1) is 13.0. The van der Waals surface area contributed by atoms with Gasteiger partial charge in [-0.2, -0.15) is 0 Å². The number of hydrogen-bond donors (Lipinski definition) is 3. The molecule has 2 aliphatic carbocycles. The van der Waals surface area contributed by atoms with Gasteiger partial charge < -0.3 is 15.6 Å². The van der Waals surface area contributed by atoms with Gasteiger partial charge in [0.05, 0.1) is 0 Å². The maximum Gasteiger partial charge on any atom is 0.329 e. The molecule has 3 rings (SSSR count). The number of carbonyl (C=O) groups is 2. The van der Waals surface area contributed by atoms with E-state index in [-0.39, 0.29) is 24.7 Å². The van der Waals surface area contributed by atoms with E-state index in [0.717, 1.165) is 44.4 Å². The van der Waals surface area contributed by atoms with Gasteiger partial charge in [-0.1, -0.05) is 32.6 Å². The highest BCUT2D eigenvalue weighted by atomic mass is 16.5. The summed E-state index contributed by atoms with van der Waals surface area (Å²) < 4.78 is 5.66. The van der Waals surface area contributed by atoms with Gasteiger partial charge in [0.2, 0.25) is 5.91 Å². The summed E-state index contributed by atoms with van der Waals surface area (Å²) in [6, 6.07) is 0.407. The quantitative estimate of drug-likeness (QED) is 0.630. The molecular formula is C21H36N2O4. The highest BCUT2D eigenvalue weighted by molar-refractivity contribution is 5.76. The average molecular weight is 381 g/mol. The third-order valence-electron chi connectivity index (χ3n) is 7.27. The number of fused-ring (bicyclic) bond motifs is 1. The van der Waals surface area contributed by atoms with Crippen molar-refractivity contribution in [2.24, 2.45) is 35.3 Å². The van der Waals surface area contributed by atoms with E-state index < -0.39 is 5.97 Å². The highest BCUT2D eigenvalue weighted by Gasteiger charge is 2.45. The molecule has 0 aromatic rings. The zero-order chi connectivity index (χ0) is 19.4. The van der Waals surface area contributed by atoms with E-state index in [1.54, 1.807) is 0 Å². The van der Waals surface area contributed by atoms with E-state index in [2.05, 4.69) is 12.2 Å². The van der Waals surface area contributed by atoms with Gasteiger partial charge in [-0.3, -0.25) is 10.1 Å². The zero-order valence-electron chi connectivity index (χ0n) is 16.6. The molecule has 4 N–H and O–H groups in total. The van der Waals surface area contributed by atoms with Crippen molar-refractivity contribution in [3.63, 3.8) is 0 Å². The second-order valence-corrected chi connectivity index (χ2v) is 9.02. The Bertz CT molecular complexity index is 526. The number of carboxylic acids is 1. The molecule has 0 aromatic heterocycles. The first-order valence-electron chi connectivity index (χ1n) is 10.9. The summed E-state index contributed by atoms with van der Waals surface area (Å²) >= 11 is 0. The highest BCUT2D eigenvalue weighted by Crippen LogP contribution is 2.47. The largest absolute Gasteiger partial charge is 0.480 e. The molecule has 0 bridgehead atoms. The lowest BCUT2D eigenvalue weighted by Gasteiger charge is -2.50. The number of ether oxygens (including phenoxy) is 1. The Morgan fingerprint density at radius 2 is 1.93 bits per heavy atom. The van der Waals surface area contributed by atoms with Crippen molar-refractivity contribution in [3.05, 3.63) is 0 Å². The molecule has 3 fully saturated rings. The molecule has 2 saturated carbocycles. The fourth-order valence-corrected chi connectivity index (χ4v) is 6.08. The summed E-state index contributed by atoms with van der Waals surface area (Å²) in [5.41, 5.74) is 5.62. The van der Waals surface area contributed by atoms with Crippen molar-refractivity contribution in [1.82, 2.24) is 5.32 Å². The van der Waals surface area contributed by atoms with Crippen molar-refractivity contribution >= 4 is 11.9 Å². The van der Waals surface area contributed by atoms with Crippen LogP contribution < -0.4 is 11.1 Å². The van der Waals surface area contributed by atoms with Gasteiger partial charge in [0, 0.05) is 12.0 Å². The summed E-state index contributed by atoms with van der Waals surface area (Å²) in [5, 5.41) is 12.6. The van der Waals surface area contributed by atoms with Crippen LogP contribution in [-0.4, -0.2) is 35.9 Å². The van der Waals surface area contributed by atoms with Crippen LogP contribution >= 0.6 is 0 Å². The number of carbonyl (C=O) groups excluding carboxylic acids is 1. The van der Waals surface area contributed by atoms with Crippen molar-refractivity contribution in [2.75, 3.05) is 6.61 Å². The summed E-state index contributed by atoms with van der Waals surface area (Å²) in [4.78, 5) is 22.7. The molecule has 6 heteroatoms. The molecule has 3 aliphatic rings. The first-order valence-corrected chi connectivity index (χ1v) is 10.9. The van der Waals surface area contributed by atoms with Crippen molar-refractivity contribution in [2.45, 2.75) is 83.4 Å². The topological polar surface area (TPSA) is 102 Å². The Kier molecular flexibility index (Phi) is 7.15. The van der Waals surface area contributed by atoms with Crippen molar-refractivity contribution < 1.29 is 19.4 Å². The zero-order valence-corrected chi connectivity index (χ0v) is 16.6. The lowest BCUT2D eigenvalue weighted by atomic mass is 9.61.